The second-order valence-corrected chi connectivity index (χ2v) is 6.22. The van der Waals surface area contributed by atoms with E-state index < -0.39 is 0 Å². The Balaban J connectivity index is 1.81. The first-order chi connectivity index (χ1) is 6.78. The summed E-state index contributed by atoms with van der Waals surface area (Å²) in [4.78, 5) is 0. The zero-order valence-corrected chi connectivity index (χ0v) is 9.28. The van der Waals surface area contributed by atoms with Crippen LogP contribution in [0.3, 0.4) is 0 Å². The lowest BCUT2D eigenvalue weighted by Crippen LogP contribution is -2.48. The fourth-order valence-electron chi connectivity index (χ4n) is 5.05. The van der Waals surface area contributed by atoms with Crippen molar-refractivity contribution < 1.29 is 0 Å². The van der Waals surface area contributed by atoms with Crippen LogP contribution in [0.1, 0.15) is 39.0 Å². The molecule has 0 amide bonds. The van der Waals surface area contributed by atoms with Gasteiger partial charge in [0.05, 0.1) is 0 Å². The minimum absolute atomic E-state index is 0.782. The Labute approximate surface area is 87.4 Å². The molecule has 1 atom stereocenters. The molecule has 4 fully saturated rings. The molecule has 1 nitrogen and oxygen atoms in total. The maximum absolute atomic E-state index is 5.85. The first-order valence-corrected chi connectivity index (χ1v) is 6.48. The average molecular weight is 193 g/mol. The van der Waals surface area contributed by atoms with Crippen LogP contribution >= 0.6 is 0 Å². The highest BCUT2D eigenvalue weighted by Gasteiger charge is 2.49. The van der Waals surface area contributed by atoms with Gasteiger partial charge in [0.25, 0.3) is 0 Å². The highest BCUT2D eigenvalue weighted by atomic mass is 14.6. The van der Waals surface area contributed by atoms with Crippen LogP contribution in [0, 0.1) is 35.5 Å². The molecule has 4 aliphatic rings. The molecule has 2 N–H and O–H groups in total. The molecule has 4 rings (SSSR count). The minimum Gasteiger partial charge on any atom is -0.330 e. The predicted molar refractivity (Wildman–Crippen MR) is 58.8 cm³/mol. The van der Waals surface area contributed by atoms with Crippen molar-refractivity contribution in [2.45, 2.75) is 39.0 Å². The fourth-order valence-corrected chi connectivity index (χ4v) is 5.05. The zero-order valence-electron chi connectivity index (χ0n) is 9.28. The molecule has 0 heterocycles. The highest BCUT2D eigenvalue weighted by Crippen LogP contribution is 2.58. The van der Waals surface area contributed by atoms with E-state index in [-0.39, 0.29) is 0 Å². The fraction of sp³-hybridized carbons (Fsp3) is 1.00. The normalized spacial score (nSPS) is 52.3. The zero-order chi connectivity index (χ0) is 9.71. The second-order valence-electron chi connectivity index (χ2n) is 6.22. The highest BCUT2D eigenvalue weighted by molar-refractivity contribution is 4.99. The quantitative estimate of drug-likeness (QED) is 0.717. The van der Waals surface area contributed by atoms with Gasteiger partial charge in [-0.15, -0.1) is 0 Å². The molecule has 0 spiro atoms. The van der Waals surface area contributed by atoms with Crippen LogP contribution in [-0.2, 0) is 0 Å². The van der Waals surface area contributed by atoms with E-state index in [0.29, 0.717) is 0 Å². The van der Waals surface area contributed by atoms with Crippen molar-refractivity contribution in [3.05, 3.63) is 0 Å². The van der Waals surface area contributed by atoms with Gasteiger partial charge in [-0.3, -0.25) is 0 Å². The van der Waals surface area contributed by atoms with Gasteiger partial charge in [0.15, 0.2) is 0 Å². The van der Waals surface area contributed by atoms with Gasteiger partial charge in [-0.2, -0.15) is 0 Å². The summed E-state index contributed by atoms with van der Waals surface area (Å²) in [6, 6.07) is 0. The largest absolute Gasteiger partial charge is 0.330 e. The maximum atomic E-state index is 5.85. The smallest absolute Gasteiger partial charge is 0.00487 e. The molecule has 80 valence electrons. The first-order valence-electron chi connectivity index (χ1n) is 6.48. The molecule has 0 radical (unpaired) electrons. The summed E-state index contributed by atoms with van der Waals surface area (Å²) < 4.78 is 0. The van der Waals surface area contributed by atoms with Crippen LogP contribution in [0.4, 0.5) is 0 Å². The van der Waals surface area contributed by atoms with Gasteiger partial charge in [-0.25, -0.2) is 0 Å². The summed E-state index contributed by atoms with van der Waals surface area (Å²) in [5, 5.41) is 0. The summed E-state index contributed by atoms with van der Waals surface area (Å²) in [6.45, 7) is 3.29. The van der Waals surface area contributed by atoms with E-state index in [1.165, 1.54) is 0 Å². The minimum atomic E-state index is 0.782. The van der Waals surface area contributed by atoms with Gasteiger partial charge in [0, 0.05) is 0 Å². The number of hydrogen-bond donors (Lipinski definition) is 1. The van der Waals surface area contributed by atoms with Crippen molar-refractivity contribution in [2.75, 3.05) is 6.54 Å². The summed E-state index contributed by atoms with van der Waals surface area (Å²) >= 11 is 0. The van der Waals surface area contributed by atoms with Crippen LogP contribution in [0.2, 0.25) is 0 Å². The van der Waals surface area contributed by atoms with Crippen LogP contribution in [0.25, 0.3) is 0 Å². The Bertz CT molecular complexity index is 195. The van der Waals surface area contributed by atoms with Crippen molar-refractivity contribution in [1.29, 1.82) is 0 Å². The standard InChI is InChI=1S/C13H23N/c1-8(7-14)13-11-3-9-2-10(5-11)6-12(13)4-9/h8-13H,2-7,14H2,1H3/t8-,9?,10?,11?,12?,13?/m0/s1. The molecule has 4 saturated carbocycles. The number of rotatable bonds is 2. The third-order valence-electron chi connectivity index (χ3n) is 5.33. The molecular weight excluding hydrogens is 170 g/mol. The predicted octanol–water partition coefficient (Wildman–Crippen LogP) is 2.65. The van der Waals surface area contributed by atoms with Crippen molar-refractivity contribution in [3.63, 3.8) is 0 Å². The van der Waals surface area contributed by atoms with Gasteiger partial charge in [-0.1, -0.05) is 6.92 Å². The van der Waals surface area contributed by atoms with E-state index >= 15 is 0 Å². The number of nitrogens with two attached hydrogens (primary N) is 1. The number of hydrogen-bond acceptors (Lipinski definition) is 1. The summed E-state index contributed by atoms with van der Waals surface area (Å²) in [5.74, 6) is 6.12. The Morgan fingerprint density at radius 1 is 1.00 bits per heavy atom. The van der Waals surface area contributed by atoms with Gasteiger partial charge in [0.2, 0.25) is 0 Å². The van der Waals surface area contributed by atoms with E-state index in [0.717, 1.165) is 42.1 Å². The molecule has 0 unspecified atom stereocenters. The molecule has 0 aromatic heterocycles. The third-order valence-corrected chi connectivity index (χ3v) is 5.33. The maximum Gasteiger partial charge on any atom is -0.00487 e. The Morgan fingerprint density at radius 2 is 1.50 bits per heavy atom. The van der Waals surface area contributed by atoms with E-state index in [2.05, 4.69) is 6.92 Å². The van der Waals surface area contributed by atoms with Crippen molar-refractivity contribution in [3.8, 4) is 0 Å². The lowest BCUT2D eigenvalue weighted by molar-refractivity contribution is -0.0568. The first kappa shape index (κ1) is 9.21. The van der Waals surface area contributed by atoms with Gasteiger partial charge in [0.1, 0.15) is 0 Å². The van der Waals surface area contributed by atoms with E-state index in [9.17, 15) is 0 Å². The van der Waals surface area contributed by atoms with Crippen LogP contribution in [-0.4, -0.2) is 6.54 Å². The molecule has 0 aromatic rings. The van der Waals surface area contributed by atoms with Crippen LogP contribution in [0.15, 0.2) is 0 Å². The summed E-state index contributed by atoms with van der Waals surface area (Å²) in [6.07, 6.45) is 7.74. The van der Waals surface area contributed by atoms with Crippen molar-refractivity contribution in [2.24, 2.45) is 41.2 Å². The SMILES string of the molecule is C[C@@H](CN)C1C2CC3CC(C2)CC1C3. The molecule has 1 heteroatoms. The van der Waals surface area contributed by atoms with E-state index in [1.807, 2.05) is 0 Å². The second kappa shape index (κ2) is 3.23. The lowest BCUT2D eigenvalue weighted by atomic mass is 9.50. The van der Waals surface area contributed by atoms with Crippen LogP contribution < -0.4 is 5.73 Å². The molecule has 0 aromatic carbocycles. The lowest BCUT2D eigenvalue weighted by Gasteiger charge is -2.56. The molecular formula is C13H23N. The topological polar surface area (TPSA) is 26.0 Å². The summed E-state index contributed by atoms with van der Waals surface area (Å²) in [7, 11) is 0. The Morgan fingerprint density at radius 3 is 1.93 bits per heavy atom. The monoisotopic (exact) mass is 193 g/mol. The molecule has 14 heavy (non-hydrogen) atoms. The van der Waals surface area contributed by atoms with Gasteiger partial charge in [-0.05, 0) is 74.2 Å². The van der Waals surface area contributed by atoms with Crippen LogP contribution in [0.5, 0.6) is 0 Å². The van der Waals surface area contributed by atoms with Crippen molar-refractivity contribution >= 4 is 0 Å². The summed E-state index contributed by atoms with van der Waals surface area (Å²) in [5.41, 5.74) is 5.85. The molecule has 0 saturated heterocycles. The molecule has 4 aliphatic carbocycles. The average Bonchev–Trinajstić information content (AvgIpc) is 2.15. The third kappa shape index (κ3) is 1.25. The van der Waals surface area contributed by atoms with E-state index in [4.69, 9.17) is 5.73 Å². The van der Waals surface area contributed by atoms with Gasteiger partial charge >= 0.3 is 0 Å². The van der Waals surface area contributed by atoms with E-state index in [1.54, 1.807) is 32.1 Å². The molecule has 4 bridgehead atoms. The molecule has 0 aliphatic heterocycles. The van der Waals surface area contributed by atoms with Crippen molar-refractivity contribution in [1.82, 2.24) is 0 Å². The Kier molecular flexibility index (Phi) is 2.12. The Hall–Kier alpha value is -0.0400. The van der Waals surface area contributed by atoms with Gasteiger partial charge < -0.3 is 5.73 Å².